The largest absolute Gasteiger partial charge is 0.0654 e. The Morgan fingerprint density at radius 3 is 2.24 bits per heavy atom. The molecule has 0 spiro atoms. The minimum atomic E-state index is 0.673. The minimum absolute atomic E-state index is 0.673. The van der Waals surface area contributed by atoms with Gasteiger partial charge in [-0.25, -0.2) is 0 Å². The summed E-state index contributed by atoms with van der Waals surface area (Å²) < 4.78 is 0. The van der Waals surface area contributed by atoms with Crippen LogP contribution in [0.4, 0.5) is 0 Å². The van der Waals surface area contributed by atoms with E-state index in [1.165, 1.54) is 67.7 Å². The summed E-state index contributed by atoms with van der Waals surface area (Å²) in [6.45, 7) is 4.67. The summed E-state index contributed by atoms with van der Waals surface area (Å²) in [7, 11) is 0. The van der Waals surface area contributed by atoms with Crippen LogP contribution < -0.4 is 0 Å². The van der Waals surface area contributed by atoms with Gasteiger partial charge in [-0.05, 0) is 28.7 Å². The molecule has 0 aromatic heterocycles. The van der Waals surface area contributed by atoms with Crippen molar-refractivity contribution in [1.29, 1.82) is 0 Å². The van der Waals surface area contributed by atoms with Gasteiger partial charge in [-0.1, -0.05) is 101 Å². The molecule has 2 rings (SSSR count). The highest BCUT2D eigenvalue weighted by molar-refractivity contribution is 5.86. The summed E-state index contributed by atoms with van der Waals surface area (Å²) in [4.78, 5) is 0. The van der Waals surface area contributed by atoms with Gasteiger partial charge in [0.15, 0.2) is 0 Å². The predicted molar refractivity (Wildman–Crippen MR) is 95.0 cm³/mol. The molecule has 0 radical (unpaired) electrons. The molecule has 0 fully saturated rings. The van der Waals surface area contributed by atoms with Crippen molar-refractivity contribution in [2.24, 2.45) is 0 Å². The maximum absolute atomic E-state index is 2.39. The van der Waals surface area contributed by atoms with E-state index in [9.17, 15) is 0 Å². The summed E-state index contributed by atoms with van der Waals surface area (Å²) >= 11 is 0. The molecule has 0 aliphatic rings. The quantitative estimate of drug-likeness (QED) is 0.431. The van der Waals surface area contributed by atoms with Crippen LogP contribution in [0.5, 0.6) is 0 Å². The summed E-state index contributed by atoms with van der Waals surface area (Å²) in [5, 5.41) is 2.82. The first-order valence-corrected chi connectivity index (χ1v) is 8.80. The topological polar surface area (TPSA) is 0 Å². The Morgan fingerprint density at radius 1 is 0.762 bits per heavy atom. The van der Waals surface area contributed by atoms with Crippen molar-refractivity contribution in [2.75, 3.05) is 0 Å². The monoisotopic (exact) mass is 282 g/mol. The van der Waals surface area contributed by atoms with E-state index in [-0.39, 0.29) is 0 Å². The molecule has 0 aliphatic heterocycles. The summed E-state index contributed by atoms with van der Waals surface area (Å²) in [5.74, 6) is 0.673. The van der Waals surface area contributed by atoms with Crippen LogP contribution in [0.3, 0.4) is 0 Å². The second-order valence-corrected chi connectivity index (χ2v) is 6.38. The molecule has 0 bridgehead atoms. The maximum Gasteiger partial charge on any atom is -0.0149 e. The predicted octanol–water partition coefficient (Wildman–Crippen LogP) is 7.08. The van der Waals surface area contributed by atoms with Crippen LogP contribution in [-0.4, -0.2) is 0 Å². The highest BCUT2D eigenvalue weighted by atomic mass is 14.1. The molecule has 0 saturated heterocycles. The molecule has 1 unspecified atom stereocenters. The zero-order valence-electron chi connectivity index (χ0n) is 13.8. The van der Waals surface area contributed by atoms with E-state index in [1.807, 2.05) is 0 Å². The van der Waals surface area contributed by atoms with Crippen LogP contribution in [0.1, 0.15) is 76.7 Å². The van der Waals surface area contributed by atoms with E-state index in [0.717, 1.165) is 0 Å². The van der Waals surface area contributed by atoms with Gasteiger partial charge in [0.05, 0.1) is 0 Å². The fourth-order valence-corrected chi connectivity index (χ4v) is 3.24. The third-order valence-electron chi connectivity index (χ3n) is 4.59. The first-order chi connectivity index (χ1) is 10.3. The van der Waals surface area contributed by atoms with Gasteiger partial charge in [-0.3, -0.25) is 0 Å². The third-order valence-corrected chi connectivity index (χ3v) is 4.59. The van der Waals surface area contributed by atoms with E-state index in [0.29, 0.717) is 5.92 Å². The van der Waals surface area contributed by atoms with Crippen molar-refractivity contribution >= 4 is 10.8 Å². The molecular formula is C21H30. The molecule has 0 amide bonds. The molecule has 2 aromatic carbocycles. The third kappa shape index (κ3) is 4.88. The van der Waals surface area contributed by atoms with Crippen LogP contribution in [0.15, 0.2) is 42.5 Å². The lowest BCUT2D eigenvalue weighted by atomic mass is 9.90. The number of rotatable bonds is 9. The van der Waals surface area contributed by atoms with Gasteiger partial charge < -0.3 is 0 Å². The Hall–Kier alpha value is -1.30. The second-order valence-electron chi connectivity index (χ2n) is 6.38. The van der Waals surface area contributed by atoms with Gasteiger partial charge in [0, 0.05) is 0 Å². The normalized spacial score (nSPS) is 12.7. The minimum Gasteiger partial charge on any atom is -0.0654 e. The Balaban J connectivity index is 1.81. The maximum atomic E-state index is 2.39. The molecule has 114 valence electrons. The van der Waals surface area contributed by atoms with Crippen LogP contribution in [0, 0.1) is 0 Å². The highest BCUT2D eigenvalue weighted by Gasteiger charge is 2.08. The number of hydrogen-bond donors (Lipinski definition) is 0. The van der Waals surface area contributed by atoms with Crippen molar-refractivity contribution in [1.82, 2.24) is 0 Å². The van der Waals surface area contributed by atoms with Crippen molar-refractivity contribution in [3.8, 4) is 0 Å². The van der Waals surface area contributed by atoms with E-state index in [4.69, 9.17) is 0 Å². The number of hydrogen-bond acceptors (Lipinski definition) is 0. The summed E-state index contributed by atoms with van der Waals surface area (Å²) in [6, 6.07) is 15.5. The molecule has 0 heterocycles. The van der Waals surface area contributed by atoms with Gasteiger partial charge in [0.1, 0.15) is 0 Å². The van der Waals surface area contributed by atoms with Crippen LogP contribution >= 0.6 is 0 Å². The fourth-order valence-electron chi connectivity index (χ4n) is 3.24. The average Bonchev–Trinajstić information content (AvgIpc) is 2.53. The highest BCUT2D eigenvalue weighted by Crippen LogP contribution is 2.29. The van der Waals surface area contributed by atoms with E-state index >= 15 is 0 Å². The van der Waals surface area contributed by atoms with E-state index < -0.39 is 0 Å². The van der Waals surface area contributed by atoms with E-state index in [2.05, 4.69) is 56.3 Å². The number of benzene rings is 2. The lowest BCUT2D eigenvalue weighted by molar-refractivity contribution is 0.550. The zero-order valence-corrected chi connectivity index (χ0v) is 13.8. The molecule has 0 saturated carbocycles. The van der Waals surface area contributed by atoms with Crippen LogP contribution in [0.2, 0.25) is 0 Å². The molecule has 21 heavy (non-hydrogen) atoms. The molecule has 2 aromatic rings. The SMILES string of the molecule is CCCCCCCCCC(C)c1cccc2ccccc12. The Morgan fingerprint density at radius 2 is 1.43 bits per heavy atom. The lowest BCUT2D eigenvalue weighted by Crippen LogP contribution is -1.95. The summed E-state index contributed by atoms with van der Waals surface area (Å²) in [6.07, 6.45) is 11.1. The van der Waals surface area contributed by atoms with Crippen molar-refractivity contribution < 1.29 is 0 Å². The molecule has 0 N–H and O–H groups in total. The van der Waals surface area contributed by atoms with Crippen molar-refractivity contribution in [3.05, 3.63) is 48.0 Å². The Labute approximate surface area is 130 Å². The number of fused-ring (bicyclic) bond motifs is 1. The van der Waals surface area contributed by atoms with Gasteiger partial charge in [0.2, 0.25) is 0 Å². The van der Waals surface area contributed by atoms with Crippen LogP contribution in [0.25, 0.3) is 10.8 Å². The standard InChI is InChI=1S/C21H30/c1-3-4-5-6-7-8-9-13-18(2)20-17-12-15-19-14-10-11-16-21(19)20/h10-12,14-18H,3-9,13H2,1-2H3. The molecule has 0 aliphatic carbocycles. The van der Waals surface area contributed by atoms with Crippen molar-refractivity contribution in [2.45, 2.75) is 71.1 Å². The van der Waals surface area contributed by atoms with Gasteiger partial charge in [-0.15, -0.1) is 0 Å². The first-order valence-electron chi connectivity index (χ1n) is 8.80. The molecular weight excluding hydrogens is 252 g/mol. The van der Waals surface area contributed by atoms with Crippen molar-refractivity contribution in [3.63, 3.8) is 0 Å². The number of unbranched alkanes of at least 4 members (excludes halogenated alkanes) is 6. The van der Waals surface area contributed by atoms with Gasteiger partial charge in [0.25, 0.3) is 0 Å². The average molecular weight is 282 g/mol. The first kappa shape index (κ1) is 16.1. The molecule has 1 atom stereocenters. The van der Waals surface area contributed by atoms with Gasteiger partial charge >= 0.3 is 0 Å². The second kappa shape index (κ2) is 8.87. The smallest absolute Gasteiger partial charge is 0.0149 e. The lowest BCUT2D eigenvalue weighted by Gasteiger charge is -2.14. The van der Waals surface area contributed by atoms with E-state index in [1.54, 1.807) is 0 Å². The fraction of sp³-hybridized carbons (Fsp3) is 0.524. The van der Waals surface area contributed by atoms with Crippen LogP contribution in [-0.2, 0) is 0 Å². The van der Waals surface area contributed by atoms with Gasteiger partial charge in [-0.2, -0.15) is 0 Å². The Kier molecular flexibility index (Phi) is 6.79. The molecule has 0 heteroatoms. The Bertz CT molecular complexity index is 521. The molecule has 0 nitrogen and oxygen atoms in total. The zero-order chi connectivity index (χ0) is 14.9. The summed E-state index contributed by atoms with van der Waals surface area (Å²) in [5.41, 5.74) is 1.53.